The molecular formula is C22H20ClF4N3O2. The van der Waals surface area contributed by atoms with E-state index in [0.717, 1.165) is 12.1 Å². The van der Waals surface area contributed by atoms with Gasteiger partial charge in [-0.15, -0.1) is 0 Å². The molecule has 1 unspecified atom stereocenters. The zero-order valence-electron chi connectivity index (χ0n) is 16.9. The van der Waals surface area contributed by atoms with Gasteiger partial charge in [-0.2, -0.15) is 13.2 Å². The lowest BCUT2D eigenvalue weighted by molar-refractivity contribution is -0.137. The Labute approximate surface area is 187 Å². The SMILES string of the molecule is O=C(C1CC(=O)N(c2ccc(F)c(Cl)c2)C1)N1CCN(c2cccc(C(F)(F)F)c2)CC1. The summed E-state index contributed by atoms with van der Waals surface area (Å²) < 4.78 is 52.3. The van der Waals surface area contributed by atoms with Crippen LogP contribution in [0, 0.1) is 11.7 Å². The molecule has 2 saturated heterocycles. The first kappa shape index (κ1) is 22.4. The Morgan fingerprint density at radius 2 is 1.72 bits per heavy atom. The van der Waals surface area contributed by atoms with Crippen LogP contribution in [-0.2, 0) is 15.8 Å². The van der Waals surface area contributed by atoms with Crippen molar-refractivity contribution < 1.29 is 27.2 Å². The van der Waals surface area contributed by atoms with Gasteiger partial charge in [-0.05, 0) is 36.4 Å². The van der Waals surface area contributed by atoms with Gasteiger partial charge in [0.05, 0.1) is 16.5 Å². The lowest BCUT2D eigenvalue weighted by atomic mass is 10.1. The first-order valence-electron chi connectivity index (χ1n) is 10.1. The molecule has 2 amide bonds. The summed E-state index contributed by atoms with van der Waals surface area (Å²) in [5.41, 5.74) is 0.187. The van der Waals surface area contributed by atoms with Crippen molar-refractivity contribution in [2.75, 3.05) is 42.5 Å². The molecule has 4 rings (SSSR count). The van der Waals surface area contributed by atoms with Gasteiger partial charge < -0.3 is 14.7 Å². The molecule has 170 valence electrons. The smallest absolute Gasteiger partial charge is 0.368 e. The van der Waals surface area contributed by atoms with Gasteiger partial charge >= 0.3 is 6.18 Å². The van der Waals surface area contributed by atoms with Crippen LogP contribution in [0.25, 0.3) is 0 Å². The number of halogens is 5. The van der Waals surface area contributed by atoms with Crippen LogP contribution >= 0.6 is 11.6 Å². The van der Waals surface area contributed by atoms with E-state index >= 15 is 0 Å². The van der Waals surface area contributed by atoms with Gasteiger partial charge in [0.2, 0.25) is 11.8 Å². The van der Waals surface area contributed by atoms with Gasteiger partial charge in [0.25, 0.3) is 0 Å². The van der Waals surface area contributed by atoms with Gasteiger partial charge in [0, 0.05) is 50.5 Å². The molecule has 2 fully saturated rings. The normalized spacial score (nSPS) is 19.6. The molecule has 2 aromatic rings. The van der Waals surface area contributed by atoms with Crippen molar-refractivity contribution >= 4 is 34.8 Å². The van der Waals surface area contributed by atoms with Crippen LogP contribution in [-0.4, -0.2) is 49.4 Å². The molecule has 2 aliphatic heterocycles. The fourth-order valence-electron chi connectivity index (χ4n) is 4.10. The van der Waals surface area contributed by atoms with Gasteiger partial charge in [0.1, 0.15) is 5.82 Å². The number of nitrogens with zero attached hydrogens (tertiary/aromatic N) is 3. The van der Waals surface area contributed by atoms with Gasteiger partial charge in [0.15, 0.2) is 0 Å². The standard InChI is InChI=1S/C22H20ClF4N3O2/c23-18-12-17(4-5-19(18)24)30-13-14(10-20(30)31)21(32)29-8-6-28(7-9-29)16-3-1-2-15(11-16)22(25,26)27/h1-5,11-12,14H,6-10,13H2. The van der Waals surface area contributed by atoms with Crippen LogP contribution in [0.2, 0.25) is 5.02 Å². The Morgan fingerprint density at radius 3 is 2.38 bits per heavy atom. The lowest BCUT2D eigenvalue weighted by Crippen LogP contribution is -2.50. The maximum atomic E-state index is 13.4. The topological polar surface area (TPSA) is 43.9 Å². The Morgan fingerprint density at radius 1 is 1.00 bits per heavy atom. The third-order valence-corrected chi connectivity index (χ3v) is 6.11. The third kappa shape index (κ3) is 4.53. The molecule has 10 heteroatoms. The van der Waals surface area contributed by atoms with Crippen molar-refractivity contribution in [3.8, 4) is 0 Å². The zero-order valence-corrected chi connectivity index (χ0v) is 17.7. The summed E-state index contributed by atoms with van der Waals surface area (Å²) in [7, 11) is 0. The predicted molar refractivity (Wildman–Crippen MR) is 112 cm³/mol. The van der Waals surface area contributed by atoms with E-state index in [-0.39, 0.29) is 29.8 Å². The van der Waals surface area contributed by atoms with Gasteiger partial charge in [-0.1, -0.05) is 17.7 Å². The summed E-state index contributed by atoms with van der Waals surface area (Å²) >= 11 is 5.80. The van der Waals surface area contributed by atoms with E-state index in [2.05, 4.69) is 0 Å². The highest BCUT2D eigenvalue weighted by molar-refractivity contribution is 6.31. The van der Waals surface area contributed by atoms with Crippen LogP contribution in [0.15, 0.2) is 42.5 Å². The van der Waals surface area contributed by atoms with Gasteiger partial charge in [-0.25, -0.2) is 4.39 Å². The molecule has 0 bridgehead atoms. The molecule has 0 N–H and O–H groups in total. The highest BCUT2D eigenvalue weighted by Crippen LogP contribution is 2.32. The maximum absolute atomic E-state index is 13.4. The molecule has 1 atom stereocenters. The summed E-state index contributed by atoms with van der Waals surface area (Å²) in [6.45, 7) is 1.66. The number of hydrogen-bond donors (Lipinski definition) is 0. The first-order valence-corrected chi connectivity index (χ1v) is 10.5. The summed E-state index contributed by atoms with van der Waals surface area (Å²) in [5.74, 6) is -1.54. The molecule has 2 aliphatic rings. The van der Waals surface area contributed by atoms with Crippen LogP contribution < -0.4 is 9.80 Å². The van der Waals surface area contributed by atoms with Crippen molar-refractivity contribution in [2.24, 2.45) is 5.92 Å². The van der Waals surface area contributed by atoms with Crippen LogP contribution in [0.4, 0.5) is 28.9 Å². The quantitative estimate of drug-likeness (QED) is 0.633. The van der Waals surface area contributed by atoms with Crippen molar-refractivity contribution in [1.29, 1.82) is 0 Å². The van der Waals surface area contributed by atoms with Gasteiger partial charge in [-0.3, -0.25) is 9.59 Å². The molecule has 0 aliphatic carbocycles. The number of amides is 2. The number of anilines is 2. The monoisotopic (exact) mass is 469 g/mol. The minimum absolute atomic E-state index is 0.0433. The summed E-state index contributed by atoms with van der Waals surface area (Å²) in [6, 6.07) is 9.10. The van der Waals surface area contributed by atoms with Crippen molar-refractivity contribution in [3.05, 3.63) is 58.9 Å². The van der Waals surface area contributed by atoms with E-state index < -0.39 is 23.5 Å². The van der Waals surface area contributed by atoms with E-state index in [0.29, 0.717) is 37.6 Å². The third-order valence-electron chi connectivity index (χ3n) is 5.82. The molecule has 32 heavy (non-hydrogen) atoms. The minimum Gasteiger partial charge on any atom is -0.368 e. The number of rotatable bonds is 3. The van der Waals surface area contributed by atoms with Crippen molar-refractivity contribution in [2.45, 2.75) is 12.6 Å². The van der Waals surface area contributed by atoms with E-state index in [1.165, 1.54) is 29.2 Å². The zero-order chi connectivity index (χ0) is 23.0. The highest BCUT2D eigenvalue weighted by atomic mass is 35.5. The molecule has 0 radical (unpaired) electrons. The molecule has 0 aromatic heterocycles. The second-order valence-corrected chi connectivity index (χ2v) is 8.27. The Bertz CT molecular complexity index is 1040. The van der Waals surface area contributed by atoms with Crippen molar-refractivity contribution in [1.82, 2.24) is 4.90 Å². The predicted octanol–water partition coefficient (Wildman–Crippen LogP) is 4.20. The maximum Gasteiger partial charge on any atom is 0.416 e. The summed E-state index contributed by atoms with van der Waals surface area (Å²) in [4.78, 5) is 30.3. The second kappa shape index (κ2) is 8.61. The Hall–Kier alpha value is -2.81. The minimum atomic E-state index is -4.41. The van der Waals surface area contributed by atoms with E-state index in [1.54, 1.807) is 11.0 Å². The lowest BCUT2D eigenvalue weighted by Gasteiger charge is -2.37. The van der Waals surface area contributed by atoms with Crippen LogP contribution in [0.5, 0.6) is 0 Å². The van der Waals surface area contributed by atoms with E-state index in [9.17, 15) is 27.2 Å². The average molecular weight is 470 g/mol. The number of benzene rings is 2. The molecular weight excluding hydrogens is 450 g/mol. The summed E-state index contributed by atoms with van der Waals surface area (Å²) in [6.07, 6.45) is -4.37. The number of piperazine rings is 1. The second-order valence-electron chi connectivity index (χ2n) is 7.86. The van der Waals surface area contributed by atoms with Crippen LogP contribution in [0.3, 0.4) is 0 Å². The number of alkyl halides is 3. The fraction of sp³-hybridized carbons (Fsp3) is 0.364. The van der Waals surface area contributed by atoms with E-state index in [4.69, 9.17) is 11.6 Å². The highest BCUT2D eigenvalue weighted by Gasteiger charge is 2.38. The Balaban J connectivity index is 1.38. The molecule has 0 saturated carbocycles. The molecule has 0 spiro atoms. The average Bonchev–Trinajstić information content (AvgIpc) is 3.16. The summed E-state index contributed by atoms with van der Waals surface area (Å²) in [5, 5.41) is -0.101. The largest absolute Gasteiger partial charge is 0.416 e. The van der Waals surface area contributed by atoms with Crippen molar-refractivity contribution in [3.63, 3.8) is 0 Å². The first-order chi connectivity index (χ1) is 15.1. The van der Waals surface area contributed by atoms with E-state index in [1.807, 2.05) is 4.90 Å². The van der Waals surface area contributed by atoms with Crippen LogP contribution in [0.1, 0.15) is 12.0 Å². The molecule has 5 nitrogen and oxygen atoms in total. The number of carbonyl (C=O) groups excluding carboxylic acids is 2. The number of hydrogen-bond acceptors (Lipinski definition) is 3. The molecule has 2 heterocycles. The fourth-order valence-corrected chi connectivity index (χ4v) is 4.27. The molecule has 2 aromatic carbocycles. The number of carbonyl (C=O) groups is 2. The Kier molecular flexibility index (Phi) is 6.03.